The molecule has 0 spiro atoms. The van der Waals surface area contributed by atoms with Crippen LogP contribution in [0.4, 0.5) is 0 Å². The van der Waals surface area contributed by atoms with E-state index in [0.717, 1.165) is 12.2 Å². The van der Waals surface area contributed by atoms with Crippen LogP contribution in [-0.2, 0) is 14.3 Å². The number of ether oxygens (including phenoxy) is 1. The number of esters is 1. The zero-order chi connectivity index (χ0) is 14.4. The summed E-state index contributed by atoms with van der Waals surface area (Å²) in [4.78, 5) is 25.0. The third kappa shape index (κ3) is 3.76. The molecular weight excluding hydrogens is 274 g/mol. The highest BCUT2D eigenvalue weighted by Gasteiger charge is 2.26. The molecule has 1 aliphatic rings. The second kappa shape index (κ2) is 7.33. The number of hydrogen-bond acceptors (Lipinski definition) is 4. The van der Waals surface area contributed by atoms with Crippen LogP contribution < -0.4 is 0 Å². The van der Waals surface area contributed by atoms with E-state index >= 15 is 0 Å². The molecule has 1 saturated heterocycles. The molecule has 0 saturated carbocycles. The van der Waals surface area contributed by atoms with Crippen molar-refractivity contribution < 1.29 is 14.3 Å². The van der Waals surface area contributed by atoms with Crippen molar-refractivity contribution in [2.24, 2.45) is 0 Å². The van der Waals surface area contributed by atoms with Crippen LogP contribution in [0.1, 0.15) is 24.2 Å². The molecule has 1 aliphatic heterocycles. The Kier molecular flexibility index (Phi) is 5.47. The van der Waals surface area contributed by atoms with Crippen LogP contribution in [0.3, 0.4) is 0 Å². The van der Waals surface area contributed by atoms with Gasteiger partial charge in [0.15, 0.2) is 0 Å². The Balaban J connectivity index is 1.95. The van der Waals surface area contributed by atoms with Gasteiger partial charge in [0.05, 0.1) is 6.61 Å². The first kappa shape index (κ1) is 14.9. The minimum absolute atomic E-state index is 0.236. The average Bonchev–Trinajstić information content (AvgIpc) is 2.73. The molecule has 1 aromatic rings. The van der Waals surface area contributed by atoms with Crippen LogP contribution in [0, 0.1) is 0 Å². The molecule has 0 bridgehead atoms. The van der Waals surface area contributed by atoms with Gasteiger partial charge in [0.2, 0.25) is 0 Å². The van der Waals surface area contributed by atoms with Gasteiger partial charge in [0, 0.05) is 24.1 Å². The summed E-state index contributed by atoms with van der Waals surface area (Å²) in [5.74, 6) is -0.415. The number of thioether (sulfide) groups is 1. The molecule has 0 aliphatic carbocycles. The Morgan fingerprint density at radius 2 is 2.05 bits per heavy atom. The van der Waals surface area contributed by atoms with Crippen molar-refractivity contribution in [3.05, 3.63) is 35.9 Å². The van der Waals surface area contributed by atoms with Crippen molar-refractivity contribution in [1.82, 2.24) is 4.90 Å². The summed E-state index contributed by atoms with van der Waals surface area (Å²) in [7, 11) is 0. The predicted molar refractivity (Wildman–Crippen MR) is 79.5 cm³/mol. The van der Waals surface area contributed by atoms with E-state index in [9.17, 15) is 9.59 Å². The summed E-state index contributed by atoms with van der Waals surface area (Å²) >= 11 is 1.84. The Hall–Kier alpha value is -1.49. The van der Waals surface area contributed by atoms with Crippen molar-refractivity contribution in [3.63, 3.8) is 0 Å². The van der Waals surface area contributed by atoms with Crippen molar-refractivity contribution in [1.29, 1.82) is 0 Å². The zero-order valence-electron chi connectivity index (χ0n) is 11.6. The molecule has 1 atom stereocenters. The summed E-state index contributed by atoms with van der Waals surface area (Å²) in [6.45, 7) is 3.14. The van der Waals surface area contributed by atoms with Gasteiger partial charge >= 0.3 is 11.9 Å². The fourth-order valence-electron chi connectivity index (χ4n) is 2.23. The summed E-state index contributed by atoms with van der Waals surface area (Å²) in [6.07, 6.45) is 0.861. The summed E-state index contributed by atoms with van der Waals surface area (Å²) in [5.41, 5.74) is 1.28. The summed E-state index contributed by atoms with van der Waals surface area (Å²) in [6, 6.07) is 10.3. The maximum absolute atomic E-state index is 11.9. The van der Waals surface area contributed by atoms with Gasteiger partial charge < -0.3 is 9.64 Å². The van der Waals surface area contributed by atoms with Gasteiger partial charge in [-0.2, -0.15) is 11.8 Å². The van der Waals surface area contributed by atoms with Gasteiger partial charge in [0.1, 0.15) is 0 Å². The second-order valence-electron chi connectivity index (χ2n) is 4.57. The lowest BCUT2D eigenvalue weighted by Crippen LogP contribution is -2.39. The molecular formula is C15H19NO3S. The Morgan fingerprint density at radius 1 is 1.30 bits per heavy atom. The number of nitrogens with zero attached hydrogens (tertiary/aromatic N) is 1. The monoisotopic (exact) mass is 293 g/mol. The number of rotatable bonds is 2. The van der Waals surface area contributed by atoms with E-state index in [4.69, 9.17) is 4.74 Å². The number of hydrogen-bond donors (Lipinski definition) is 0. The van der Waals surface area contributed by atoms with Gasteiger partial charge in [-0.15, -0.1) is 0 Å². The van der Waals surface area contributed by atoms with E-state index in [-0.39, 0.29) is 6.61 Å². The minimum Gasteiger partial charge on any atom is -0.459 e. The molecule has 0 N–H and O–H groups in total. The van der Waals surface area contributed by atoms with Crippen LogP contribution in [0.5, 0.6) is 0 Å². The molecule has 0 aromatic heterocycles. The highest BCUT2D eigenvalue weighted by atomic mass is 32.2. The predicted octanol–water partition coefficient (Wildman–Crippen LogP) is 2.26. The van der Waals surface area contributed by atoms with Crippen molar-refractivity contribution >= 4 is 23.6 Å². The highest BCUT2D eigenvalue weighted by Crippen LogP contribution is 2.34. The van der Waals surface area contributed by atoms with Gasteiger partial charge in [-0.25, -0.2) is 4.79 Å². The Labute approximate surface area is 123 Å². The number of amides is 1. The molecule has 1 fully saturated rings. The van der Waals surface area contributed by atoms with Crippen LogP contribution in [0.2, 0.25) is 0 Å². The second-order valence-corrected chi connectivity index (χ2v) is 5.88. The van der Waals surface area contributed by atoms with Crippen molar-refractivity contribution in [2.75, 3.05) is 25.4 Å². The van der Waals surface area contributed by atoms with E-state index in [1.165, 1.54) is 5.56 Å². The van der Waals surface area contributed by atoms with Crippen molar-refractivity contribution in [3.8, 4) is 0 Å². The minimum atomic E-state index is -0.740. The van der Waals surface area contributed by atoms with Gasteiger partial charge in [-0.05, 0) is 18.9 Å². The quantitative estimate of drug-likeness (QED) is 0.620. The number of carbonyl (C=O) groups is 2. The van der Waals surface area contributed by atoms with E-state index in [1.54, 1.807) is 11.8 Å². The maximum atomic E-state index is 11.9. The standard InChI is InChI=1S/C15H19NO3S/c1-2-19-15(18)14(17)16-9-8-13(20-11-10-16)12-6-4-3-5-7-12/h3-7,13H,2,8-11H2,1H3. The molecule has 2 rings (SSSR count). The summed E-state index contributed by atoms with van der Waals surface area (Å²) in [5, 5.41) is 0.385. The van der Waals surface area contributed by atoms with Crippen LogP contribution in [-0.4, -0.2) is 42.2 Å². The van der Waals surface area contributed by atoms with Crippen molar-refractivity contribution in [2.45, 2.75) is 18.6 Å². The molecule has 1 aromatic carbocycles. The van der Waals surface area contributed by atoms with Gasteiger partial charge in [0.25, 0.3) is 0 Å². The van der Waals surface area contributed by atoms with Crippen LogP contribution >= 0.6 is 11.8 Å². The number of benzene rings is 1. The largest absolute Gasteiger partial charge is 0.459 e. The average molecular weight is 293 g/mol. The van der Waals surface area contributed by atoms with Crippen LogP contribution in [0.15, 0.2) is 30.3 Å². The van der Waals surface area contributed by atoms with Crippen LogP contribution in [0.25, 0.3) is 0 Å². The number of carbonyl (C=O) groups excluding carboxylic acids is 2. The first-order chi connectivity index (χ1) is 9.72. The third-order valence-corrected chi connectivity index (χ3v) is 4.58. The zero-order valence-corrected chi connectivity index (χ0v) is 12.4. The molecule has 1 heterocycles. The Bertz CT molecular complexity index is 463. The molecule has 4 nitrogen and oxygen atoms in total. The Morgan fingerprint density at radius 3 is 2.75 bits per heavy atom. The lowest BCUT2D eigenvalue weighted by Gasteiger charge is -2.19. The van der Waals surface area contributed by atoms with Gasteiger partial charge in [-0.3, -0.25) is 4.79 Å². The SMILES string of the molecule is CCOC(=O)C(=O)N1CCSC(c2ccccc2)CC1. The lowest BCUT2D eigenvalue weighted by molar-refractivity contribution is -0.159. The molecule has 0 radical (unpaired) electrons. The fraction of sp³-hybridized carbons (Fsp3) is 0.467. The molecule has 20 heavy (non-hydrogen) atoms. The first-order valence-electron chi connectivity index (χ1n) is 6.85. The normalized spacial score (nSPS) is 19.2. The van der Waals surface area contributed by atoms with E-state index < -0.39 is 11.9 Å². The van der Waals surface area contributed by atoms with E-state index in [1.807, 2.05) is 30.0 Å². The van der Waals surface area contributed by atoms with E-state index in [0.29, 0.717) is 18.3 Å². The highest BCUT2D eigenvalue weighted by molar-refractivity contribution is 7.99. The van der Waals surface area contributed by atoms with E-state index in [2.05, 4.69) is 12.1 Å². The molecule has 1 amide bonds. The lowest BCUT2D eigenvalue weighted by atomic mass is 10.1. The molecule has 5 heteroatoms. The summed E-state index contributed by atoms with van der Waals surface area (Å²) < 4.78 is 4.77. The molecule has 1 unspecified atom stereocenters. The first-order valence-corrected chi connectivity index (χ1v) is 7.89. The fourth-order valence-corrected chi connectivity index (χ4v) is 3.46. The molecule has 108 valence electrons. The smallest absolute Gasteiger partial charge is 0.397 e. The third-order valence-electron chi connectivity index (χ3n) is 3.25. The topological polar surface area (TPSA) is 46.6 Å². The van der Waals surface area contributed by atoms with Gasteiger partial charge in [-0.1, -0.05) is 30.3 Å². The maximum Gasteiger partial charge on any atom is 0.397 e.